The van der Waals surface area contributed by atoms with E-state index >= 15 is 0 Å². The Kier molecular flexibility index (Phi) is 6.14. The Morgan fingerprint density at radius 2 is 1.78 bits per heavy atom. The molecular formula is C17H21NO5. The molecule has 0 bridgehead atoms. The lowest BCUT2D eigenvalue weighted by molar-refractivity contribution is -0.149. The van der Waals surface area contributed by atoms with Crippen LogP contribution in [0.15, 0.2) is 24.3 Å². The average Bonchev–Trinajstić information content (AvgIpc) is 3.06. The van der Waals surface area contributed by atoms with E-state index < -0.39 is 18.4 Å². The lowest BCUT2D eigenvalue weighted by atomic mass is 10.1. The van der Waals surface area contributed by atoms with Crippen LogP contribution in [-0.2, 0) is 14.3 Å². The van der Waals surface area contributed by atoms with Crippen LogP contribution >= 0.6 is 0 Å². The molecule has 1 aromatic rings. The molecule has 0 unspecified atom stereocenters. The Labute approximate surface area is 135 Å². The van der Waals surface area contributed by atoms with Crippen LogP contribution in [0, 0.1) is 5.92 Å². The second-order valence-corrected chi connectivity index (χ2v) is 5.62. The number of ether oxygens (including phenoxy) is 2. The highest BCUT2D eigenvalue weighted by Gasteiger charge is 2.20. The first-order chi connectivity index (χ1) is 11.1. The topological polar surface area (TPSA) is 81.7 Å². The van der Waals surface area contributed by atoms with E-state index in [9.17, 15) is 14.4 Å². The molecule has 23 heavy (non-hydrogen) atoms. The van der Waals surface area contributed by atoms with E-state index in [0.29, 0.717) is 23.7 Å². The van der Waals surface area contributed by atoms with Gasteiger partial charge >= 0.3 is 5.97 Å². The van der Waals surface area contributed by atoms with Gasteiger partial charge in [0.2, 0.25) is 0 Å². The predicted octanol–water partition coefficient (Wildman–Crippen LogP) is 2.08. The van der Waals surface area contributed by atoms with Crippen LogP contribution in [-0.4, -0.2) is 31.5 Å². The van der Waals surface area contributed by atoms with E-state index in [0.717, 1.165) is 25.7 Å². The van der Waals surface area contributed by atoms with Crippen molar-refractivity contribution in [2.24, 2.45) is 5.92 Å². The molecule has 0 saturated heterocycles. The van der Waals surface area contributed by atoms with Crippen LogP contribution in [0.3, 0.4) is 0 Å². The molecule has 6 nitrogen and oxygen atoms in total. The fraction of sp³-hybridized carbons (Fsp3) is 0.471. The van der Waals surface area contributed by atoms with Crippen LogP contribution in [0.2, 0.25) is 0 Å². The summed E-state index contributed by atoms with van der Waals surface area (Å²) < 4.78 is 9.91. The minimum Gasteiger partial charge on any atom is -0.497 e. The van der Waals surface area contributed by atoms with E-state index in [1.807, 2.05) is 0 Å². The maximum Gasteiger partial charge on any atom is 0.306 e. The van der Waals surface area contributed by atoms with Crippen LogP contribution in [0.25, 0.3) is 0 Å². The number of rotatable bonds is 6. The van der Waals surface area contributed by atoms with Gasteiger partial charge in [0.05, 0.1) is 7.11 Å². The summed E-state index contributed by atoms with van der Waals surface area (Å²) in [6, 6.07) is 6.35. The fourth-order valence-electron chi connectivity index (χ4n) is 2.63. The monoisotopic (exact) mass is 319 g/mol. The number of hydrogen-bond donors (Lipinski definition) is 1. The molecule has 0 spiro atoms. The van der Waals surface area contributed by atoms with Gasteiger partial charge in [-0.25, -0.2) is 0 Å². The molecule has 6 heteroatoms. The Balaban J connectivity index is 1.72. The van der Waals surface area contributed by atoms with Crippen LogP contribution in [0.1, 0.15) is 42.5 Å². The quantitative estimate of drug-likeness (QED) is 0.812. The minimum atomic E-state index is -0.634. The van der Waals surface area contributed by atoms with E-state index in [2.05, 4.69) is 5.32 Å². The molecule has 1 saturated carbocycles. The molecule has 0 aromatic heterocycles. The number of nitrogens with one attached hydrogen (secondary N) is 1. The lowest BCUT2D eigenvalue weighted by Crippen LogP contribution is -2.34. The molecule has 1 aliphatic carbocycles. The average molecular weight is 319 g/mol. The van der Waals surface area contributed by atoms with Gasteiger partial charge in [-0.05, 0) is 43.0 Å². The fourth-order valence-corrected chi connectivity index (χ4v) is 2.63. The van der Waals surface area contributed by atoms with Crippen molar-refractivity contribution in [1.29, 1.82) is 0 Å². The van der Waals surface area contributed by atoms with Crippen molar-refractivity contribution in [3.8, 4) is 5.75 Å². The highest BCUT2D eigenvalue weighted by atomic mass is 16.5. The van der Waals surface area contributed by atoms with Crippen molar-refractivity contribution < 1.29 is 23.9 Å². The number of carbonyl (C=O) groups is 3. The second-order valence-electron chi connectivity index (χ2n) is 5.62. The summed E-state index contributed by atoms with van der Waals surface area (Å²) in [4.78, 5) is 35.2. The van der Waals surface area contributed by atoms with Crippen LogP contribution in [0.4, 0.5) is 0 Å². The lowest BCUT2D eigenvalue weighted by Gasteiger charge is -2.09. The van der Waals surface area contributed by atoms with E-state index in [-0.39, 0.29) is 5.97 Å². The normalized spacial score (nSPS) is 14.3. The van der Waals surface area contributed by atoms with Crippen molar-refractivity contribution in [3.05, 3.63) is 29.8 Å². The number of methoxy groups -OCH3 is 1. The van der Waals surface area contributed by atoms with Crippen LogP contribution in [0.5, 0.6) is 5.75 Å². The van der Waals surface area contributed by atoms with Gasteiger partial charge in [0.1, 0.15) is 5.75 Å². The first-order valence-electron chi connectivity index (χ1n) is 7.72. The maximum atomic E-state index is 11.9. The molecule has 0 atom stereocenters. The second kappa shape index (κ2) is 8.31. The first kappa shape index (κ1) is 17.0. The molecule has 1 N–H and O–H groups in total. The third kappa shape index (κ3) is 5.39. The van der Waals surface area contributed by atoms with E-state index in [4.69, 9.17) is 9.47 Å². The number of amides is 2. The standard InChI is InChI=1S/C17H21NO5/c1-22-14-8-6-13(7-9-14)17(21)18-15(19)11-23-16(20)10-12-4-2-3-5-12/h6-9,12H,2-5,10-11H2,1H3,(H,18,19,21). The Bertz CT molecular complexity index is 561. The molecule has 1 aromatic carbocycles. The summed E-state index contributed by atoms with van der Waals surface area (Å²) in [7, 11) is 1.53. The molecule has 0 radical (unpaired) electrons. The number of hydrogen-bond acceptors (Lipinski definition) is 5. The van der Waals surface area contributed by atoms with Crippen LogP contribution < -0.4 is 10.1 Å². The van der Waals surface area contributed by atoms with Crippen molar-refractivity contribution in [3.63, 3.8) is 0 Å². The SMILES string of the molecule is COc1ccc(C(=O)NC(=O)COC(=O)CC2CCCC2)cc1. The predicted molar refractivity (Wildman–Crippen MR) is 83.0 cm³/mol. The van der Waals surface area contributed by atoms with Gasteiger partial charge in [0.15, 0.2) is 6.61 Å². The number of benzene rings is 1. The van der Waals surface area contributed by atoms with Crippen molar-refractivity contribution in [2.75, 3.05) is 13.7 Å². The zero-order chi connectivity index (χ0) is 16.7. The number of imide groups is 1. The molecule has 1 fully saturated rings. The maximum absolute atomic E-state index is 11.9. The van der Waals surface area contributed by atoms with E-state index in [1.54, 1.807) is 24.3 Å². The summed E-state index contributed by atoms with van der Waals surface area (Å²) in [6.45, 7) is -0.437. The highest BCUT2D eigenvalue weighted by Crippen LogP contribution is 2.27. The molecule has 0 aliphatic heterocycles. The molecular weight excluding hydrogens is 298 g/mol. The Hall–Kier alpha value is -2.37. The molecule has 2 rings (SSSR count). The molecule has 124 valence electrons. The summed E-state index contributed by atoms with van der Waals surface area (Å²) in [5.74, 6) is -0.570. The third-order valence-electron chi connectivity index (χ3n) is 3.90. The number of esters is 1. The van der Waals surface area contributed by atoms with Crippen molar-refractivity contribution in [1.82, 2.24) is 5.32 Å². The third-order valence-corrected chi connectivity index (χ3v) is 3.90. The first-order valence-corrected chi connectivity index (χ1v) is 7.72. The summed E-state index contributed by atoms with van der Waals surface area (Å²) in [5, 5.41) is 2.19. The summed E-state index contributed by atoms with van der Waals surface area (Å²) in [6.07, 6.45) is 4.72. The minimum absolute atomic E-state index is 0.330. The molecule has 0 heterocycles. The van der Waals surface area contributed by atoms with Gasteiger partial charge in [0, 0.05) is 12.0 Å². The van der Waals surface area contributed by atoms with Gasteiger partial charge in [-0.15, -0.1) is 0 Å². The Morgan fingerprint density at radius 1 is 1.13 bits per heavy atom. The highest BCUT2D eigenvalue weighted by molar-refractivity contribution is 6.05. The largest absolute Gasteiger partial charge is 0.497 e. The van der Waals surface area contributed by atoms with Crippen molar-refractivity contribution in [2.45, 2.75) is 32.1 Å². The smallest absolute Gasteiger partial charge is 0.306 e. The van der Waals surface area contributed by atoms with Gasteiger partial charge < -0.3 is 9.47 Å². The Morgan fingerprint density at radius 3 is 2.39 bits per heavy atom. The summed E-state index contributed by atoms with van der Waals surface area (Å²) in [5.41, 5.74) is 0.330. The van der Waals surface area contributed by atoms with Gasteiger partial charge in [-0.2, -0.15) is 0 Å². The molecule has 2 amide bonds. The van der Waals surface area contributed by atoms with Gasteiger partial charge in [-0.3, -0.25) is 19.7 Å². The van der Waals surface area contributed by atoms with Gasteiger partial charge in [-0.1, -0.05) is 12.8 Å². The van der Waals surface area contributed by atoms with Gasteiger partial charge in [0.25, 0.3) is 11.8 Å². The van der Waals surface area contributed by atoms with Crippen molar-refractivity contribution >= 4 is 17.8 Å². The number of carbonyl (C=O) groups excluding carboxylic acids is 3. The zero-order valence-electron chi connectivity index (χ0n) is 13.2. The zero-order valence-corrected chi connectivity index (χ0v) is 13.2. The summed E-state index contributed by atoms with van der Waals surface area (Å²) >= 11 is 0. The molecule has 1 aliphatic rings. The van der Waals surface area contributed by atoms with E-state index in [1.165, 1.54) is 7.11 Å².